The normalized spacial score (nSPS) is 6.11. The molecule has 0 rings (SSSR count). The van der Waals surface area contributed by atoms with Crippen LogP contribution in [0.25, 0.3) is 0 Å². The van der Waals surface area contributed by atoms with Crippen LogP contribution >= 0.6 is 0 Å². The molecular weight excluding hydrogens is 131 g/mol. The van der Waals surface area contributed by atoms with Crippen molar-refractivity contribution in [3.63, 3.8) is 0 Å². The number of rotatable bonds is 1. The van der Waals surface area contributed by atoms with Crippen molar-refractivity contribution in [2.45, 2.75) is 0 Å². The van der Waals surface area contributed by atoms with Gasteiger partial charge in [0.25, 0.3) is 0 Å². The maximum Gasteiger partial charge on any atom is 1.00 e. The Morgan fingerprint density at radius 2 is 1.67 bits per heavy atom. The van der Waals surface area contributed by atoms with Gasteiger partial charge in [0.15, 0.2) is 0 Å². The molecular formula is C4H11N2NaO2. The summed E-state index contributed by atoms with van der Waals surface area (Å²) in [5, 5.41) is 7.60. The zero-order chi connectivity index (χ0) is 6.99. The molecule has 0 aromatic heterocycles. The van der Waals surface area contributed by atoms with Crippen molar-refractivity contribution in [2.75, 3.05) is 13.1 Å². The first-order valence-electron chi connectivity index (χ1n) is 2.10. The third kappa shape index (κ3) is 60.0. The minimum absolute atomic E-state index is 0. The summed E-state index contributed by atoms with van der Waals surface area (Å²) in [4.78, 5) is 9.24. The monoisotopic (exact) mass is 142 g/mol. The number of carbonyl (C=O) groups is 1. The summed E-state index contributed by atoms with van der Waals surface area (Å²) in [5.74, 6) is -0.968. The average molecular weight is 142 g/mol. The third-order valence-corrected chi connectivity index (χ3v) is 0.175. The van der Waals surface area contributed by atoms with E-state index >= 15 is 0 Å². The number of carboxylic acids is 1. The Morgan fingerprint density at radius 1 is 1.56 bits per heavy atom. The van der Waals surface area contributed by atoms with Crippen molar-refractivity contribution in [1.29, 1.82) is 0 Å². The largest absolute Gasteiger partial charge is 1.00 e. The molecule has 0 atom stereocenters. The molecule has 0 aromatic rings. The molecule has 0 unspecified atom stereocenters. The van der Waals surface area contributed by atoms with Gasteiger partial charge in [-0.25, -0.2) is 0 Å². The summed E-state index contributed by atoms with van der Waals surface area (Å²) in [7, 11) is 0. The van der Waals surface area contributed by atoms with Crippen LogP contribution < -0.4 is 41.0 Å². The Balaban J connectivity index is -0.0000000800. The van der Waals surface area contributed by atoms with Crippen LogP contribution in [-0.4, -0.2) is 24.2 Å². The van der Waals surface area contributed by atoms with E-state index in [-0.39, 0.29) is 36.1 Å². The van der Waals surface area contributed by atoms with Gasteiger partial charge in [-0.3, -0.25) is 4.79 Å². The van der Waals surface area contributed by atoms with Crippen LogP contribution in [0.1, 0.15) is 0 Å². The summed E-state index contributed by atoms with van der Waals surface area (Å²) >= 11 is 0. The SMILES string of the molecule is NCC(=O)O.[CH2-]CN.[Na+]. The molecule has 0 spiro atoms. The van der Waals surface area contributed by atoms with Gasteiger partial charge in [-0.1, -0.05) is 0 Å². The predicted octanol–water partition coefficient (Wildman–Crippen LogP) is -4.19. The standard InChI is InChI=1S/C2H5NO2.C2H6N.Na/c3-1-2(4)5;1-2-3;/h1,3H2,(H,4,5);1-3H2;/q;-1;+1. The van der Waals surface area contributed by atoms with Gasteiger partial charge in [-0.15, -0.1) is 6.54 Å². The quantitative estimate of drug-likeness (QED) is 0.256. The molecule has 0 heterocycles. The zero-order valence-electron chi connectivity index (χ0n) is 5.63. The first-order valence-corrected chi connectivity index (χ1v) is 2.10. The van der Waals surface area contributed by atoms with Gasteiger partial charge in [-0.2, -0.15) is 0 Å². The van der Waals surface area contributed by atoms with Crippen molar-refractivity contribution in [3.8, 4) is 0 Å². The molecule has 5 heteroatoms. The fourth-order valence-electron chi connectivity index (χ4n) is 0. The Kier molecular flexibility index (Phi) is 28.4. The van der Waals surface area contributed by atoms with Gasteiger partial charge in [0.05, 0.1) is 6.54 Å². The number of carboxylic acid groups (broad SMARTS) is 1. The van der Waals surface area contributed by atoms with Gasteiger partial charge in [-0.05, 0) is 0 Å². The van der Waals surface area contributed by atoms with E-state index in [0.29, 0.717) is 6.54 Å². The maximum atomic E-state index is 9.24. The first-order chi connectivity index (χ1) is 3.68. The van der Waals surface area contributed by atoms with Crippen LogP contribution in [0.3, 0.4) is 0 Å². The summed E-state index contributed by atoms with van der Waals surface area (Å²) < 4.78 is 0. The number of aliphatic carboxylic acids is 1. The van der Waals surface area contributed by atoms with Crippen molar-refractivity contribution in [2.24, 2.45) is 11.5 Å². The number of hydrogen-bond donors (Lipinski definition) is 3. The molecule has 0 aliphatic carbocycles. The van der Waals surface area contributed by atoms with E-state index in [1.54, 1.807) is 0 Å². The van der Waals surface area contributed by atoms with Crippen LogP contribution in [0.15, 0.2) is 0 Å². The van der Waals surface area contributed by atoms with E-state index in [1.807, 2.05) is 0 Å². The van der Waals surface area contributed by atoms with Gasteiger partial charge in [0.1, 0.15) is 0 Å². The molecule has 5 N–H and O–H groups in total. The second-order valence-electron chi connectivity index (χ2n) is 0.887. The van der Waals surface area contributed by atoms with E-state index < -0.39 is 5.97 Å². The molecule has 50 valence electrons. The molecule has 0 saturated carbocycles. The minimum atomic E-state index is -0.968. The number of hydrogen-bond acceptors (Lipinski definition) is 3. The van der Waals surface area contributed by atoms with Crippen LogP contribution in [0.5, 0.6) is 0 Å². The molecule has 0 aliphatic heterocycles. The molecule has 4 nitrogen and oxygen atoms in total. The van der Waals surface area contributed by atoms with E-state index in [0.717, 1.165) is 0 Å². The van der Waals surface area contributed by atoms with Crippen LogP contribution in [0, 0.1) is 6.92 Å². The fraction of sp³-hybridized carbons (Fsp3) is 0.500. The van der Waals surface area contributed by atoms with E-state index in [4.69, 9.17) is 10.8 Å². The smallest absolute Gasteiger partial charge is 0.480 e. The second kappa shape index (κ2) is 15.8. The molecule has 0 aliphatic rings. The van der Waals surface area contributed by atoms with E-state index in [1.165, 1.54) is 0 Å². The fourth-order valence-corrected chi connectivity index (χ4v) is 0. The van der Waals surface area contributed by atoms with Gasteiger partial charge >= 0.3 is 35.5 Å². The summed E-state index contributed by atoms with van der Waals surface area (Å²) in [6.07, 6.45) is 0. The second-order valence-corrected chi connectivity index (χ2v) is 0.887. The Labute approximate surface area is 76.9 Å². The van der Waals surface area contributed by atoms with Crippen LogP contribution in [-0.2, 0) is 4.79 Å². The van der Waals surface area contributed by atoms with Crippen molar-refractivity contribution >= 4 is 5.97 Å². The molecule has 0 bridgehead atoms. The molecule has 0 aromatic carbocycles. The Morgan fingerprint density at radius 3 is 1.67 bits per heavy atom. The van der Waals surface area contributed by atoms with Crippen molar-refractivity contribution in [3.05, 3.63) is 6.92 Å². The van der Waals surface area contributed by atoms with E-state index in [2.05, 4.69) is 12.7 Å². The summed E-state index contributed by atoms with van der Waals surface area (Å²) in [5.41, 5.74) is 9.31. The third-order valence-electron chi connectivity index (χ3n) is 0.175. The molecule has 0 fully saturated rings. The molecule has 0 radical (unpaired) electrons. The summed E-state index contributed by atoms with van der Waals surface area (Å²) in [6.45, 7) is 3.49. The van der Waals surface area contributed by atoms with Gasteiger partial charge in [0.2, 0.25) is 0 Å². The van der Waals surface area contributed by atoms with Gasteiger partial charge in [0, 0.05) is 0 Å². The Bertz CT molecular complexity index is 60.5. The molecule has 0 amide bonds. The van der Waals surface area contributed by atoms with Crippen molar-refractivity contribution < 1.29 is 39.5 Å². The Hall–Kier alpha value is 0.390. The van der Waals surface area contributed by atoms with Gasteiger partial charge < -0.3 is 23.5 Å². The maximum absolute atomic E-state index is 9.24. The number of nitrogens with two attached hydrogens (primary N) is 2. The molecule has 0 saturated heterocycles. The molecule has 9 heavy (non-hydrogen) atoms. The average Bonchev–Trinajstić information content (AvgIpc) is 1.69. The predicted molar refractivity (Wildman–Crippen MR) is 31.1 cm³/mol. The van der Waals surface area contributed by atoms with E-state index in [9.17, 15) is 4.79 Å². The summed E-state index contributed by atoms with van der Waals surface area (Å²) in [6, 6.07) is 0. The minimum Gasteiger partial charge on any atom is -0.480 e. The zero-order valence-corrected chi connectivity index (χ0v) is 7.63. The topological polar surface area (TPSA) is 89.3 Å². The first kappa shape index (κ1) is 16.2. The van der Waals surface area contributed by atoms with Crippen LogP contribution in [0.4, 0.5) is 0 Å². The van der Waals surface area contributed by atoms with Crippen LogP contribution in [0.2, 0.25) is 0 Å². The van der Waals surface area contributed by atoms with Crippen molar-refractivity contribution in [1.82, 2.24) is 0 Å².